The molecule has 0 aliphatic carbocycles. The Kier molecular flexibility index (Phi) is 2.57. The molecule has 0 amide bonds. The van der Waals surface area contributed by atoms with Crippen LogP contribution < -0.4 is 0 Å². The van der Waals surface area contributed by atoms with E-state index in [-0.39, 0.29) is 12.4 Å². The molecule has 1 aromatic heterocycles. The van der Waals surface area contributed by atoms with Crippen LogP contribution in [0.5, 0.6) is 0 Å². The van der Waals surface area contributed by atoms with E-state index in [4.69, 9.17) is 0 Å². The second kappa shape index (κ2) is 3.87. The molecule has 0 bridgehead atoms. The number of fused-ring (bicyclic) bond motifs is 3. The maximum atomic E-state index is 4.16. The molecule has 0 unspecified atom stereocenters. The smallest absolute Gasteiger partial charge is 0.0352 e. The number of aromatic nitrogens is 1. The molecule has 0 saturated carbocycles. The van der Waals surface area contributed by atoms with Crippen LogP contribution in [0.25, 0.3) is 21.5 Å². The van der Waals surface area contributed by atoms with Gasteiger partial charge in [0, 0.05) is 17.8 Å². The quantitative estimate of drug-likeness (QED) is 0.520. The van der Waals surface area contributed by atoms with Gasteiger partial charge in [-0.25, -0.2) is 0 Å². The molecule has 3 rings (SSSR count). The van der Waals surface area contributed by atoms with Crippen molar-refractivity contribution in [2.24, 2.45) is 0 Å². The normalized spacial score (nSPS) is 10.1. The second-order valence-corrected chi connectivity index (χ2v) is 3.38. The van der Waals surface area contributed by atoms with Crippen molar-refractivity contribution in [3.63, 3.8) is 0 Å². The first-order valence-electron chi connectivity index (χ1n) is 4.67. The predicted octanol–water partition coefficient (Wildman–Crippen LogP) is 3.81. The van der Waals surface area contributed by atoms with E-state index in [1.165, 1.54) is 21.5 Å². The maximum absolute atomic E-state index is 4.16. The minimum absolute atomic E-state index is 0. The van der Waals surface area contributed by atoms with Gasteiger partial charge in [0.05, 0.1) is 0 Å². The Balaban J connectivity index is 0.000000853. The second-order valence-electron chi connectivity index (χ2n) is 3.38. The van der Waals surface area contributed by atoms with E-state index >= 15 is 0 Å². The van der Waals surface area contributed by atoms with E-state index in [1.54, 1.807) is 0 Å². The van der Waals surface area contributed by atoms with Gasteiger partial charge >= 0.3 is 0 Å². The van der Waals surface area contributed by atoms with Crippen molar-refractivity contribution in [2.75, 3.05) is 0 Å². The Hall–Kier alpha value is -1.60. The van der Waals surface area contributed by atoms with Crippen molar-refractivity contribution >= 4 is 34.0 Å². The average molecular weight is 216 g/mol. The van der Waals surface area contributed by atoms with Crippen LogP contribution >= 0.6 is 12.4 Å². The molecule has 74 valence electrons. The lowest BCUT2D eigenvalue weighted by atomic mass is 10.0. The van der Waals surface area contributed by atoms with Crippen molar-refractivity contribution in [3.8, 4) is 0 Å². The summed E-state index contributed by atoms with van der Waals surface area (Å²) in [6.07, 6.45) is 3.76. The Morgan fingerprint density at radius 1 is 0.733 bits per heavy atom. The zero-order valence-corrected chi connectivity index (χ0v) is 8.87. The van der Waals surface area contributed by atoms with Gasteiger partial charge in [-0.15, -0.1) is 12.4 Å². The summed E-state index contributed by atoms with van der Waals surface area (Å²) in [6.45, 7) is 0. The maximum Gasteiger partial charge on any atom is 0.0352 e. The van der Waals surface area contributed by atoms with Crippen molar-refractivity contribution in [1.82, 2.24) is 4.98 Å². The Labute approximate surface area is 94.2 Å². The lowest BCUT2D eigenvalue weighted by Crippen LogP contribution is -1.78. The first-order valence-corrected chi connectivity index (χ1v) is 4.67. The van der Waals surface area contributed by atoms with Crippen LogP contribution in [0.3, 0.4) is 0 Å². The van der Waals surface area contributed by atoms with E-state index in [2.05, 4.69) is 41.4 Å². The van der Waals surface area contributed by atoms with Crippen molar-refractivity contribution < 1.29 is 0 Å². The number of hydrogen-bond donors (Lipinski definition) is 0. The molecular formula is C13H10ClN. The molecule has 2 heteroatoms. The van der Waals surface area contributed by atoms with Gasteiger partial charge in [0.2, 0.25) is 0 Å². The third kappa shape index (κ3) is 1.55. The number of nitrogens with zero attached hydrogens (tertiary/aromatic N) is 1. The van der Waals surface area contributed by atoms with Crippen LogP contribution in [0.4, 0.5) is 0 Å². The van der Waals surface area contributed by atoms with E-state index < -0.39 is 0 Å². The molecule has 0 radical (unpaired) electrons. The van der Waals surface area contributed by atoms with Gasteiger partial charge in [-0.05, 0) is 22.2 Å². The zero-order valence-electron chi connectivity index (χ0n) is 8.05. The highest BCUT2D eigenvalue weighted by atomic mass is 35.5. The Morgan fingerprint density at radius 2 is 1.47 bits per heavy atom. The fourth-order valence-electron chi connectivity index (χ4n) is 1.84. The molecular weight excluding hydrogens is 206 g/mol. The standard InChI is InChI=1S/C13H9N.ClH/c1-2-4-12-10(3-1)5-6-11-7-8-14-9-13(11)12;/h1-9H;1H. The van der Waals surface area contributed by atoms with Crippen LogP contribution in [0.15, 0.2) is 54.9 Å². The largest absolute Gasteiger partial charge is 0.264 e. The molecule has 0 atom stereocenters. The molecule has 0 fully saturated rings. The summed E-state index contributed by atoms with van der Waals surface area (Å²) >= 11 is 0. The molecule has 1 nitrogen and oxygen atoms in total. The minimum Gasteiger partial charge on any atom is -0.264 e. The van der Waals surface area contributed by atoms with Crippen LogP contribution in [0.1, 0.15) is 0 Å². The topological polar surface area (TPSA) is 12.9 Å². The summed E-state index contributed by atoms with van der Waals surface area (Å²) in [6, 6.07) is 14.7. The number of halogens is 1. The minimum atomic E-state index is 0. The number of benzene rings is 2. The van der Waals surface area contributed by atoms with Gasteiger partial charge in [0.15, 0.2) is 0 Å². The number of pyridine rings is 1. The van der Waals surface area contributed by atoms with E-state index in [0.29, 0.717) is 0 Å². The third-order valence-corrected chi connectivity index (χ3v) is 2.55. The molecule has 15 heavy (non-hydrogen) atoms. The first-order chi connectivity index (χ1) is 6.95. The van der Waals surface area contributed by atoms with Crippen LogP contribution in [-0.4, -0.2) is 4.98 Å². The van der Waals surface area contributed by atoms with Gasteiger partial charge in [-0.1, -0.05) is 36.4 Å². The van der Waals surface area contributed by atoms with E-state index in [9.17, 15) is 0 Å². The highest BCUT2D eigenvalue weighted by molar-refractivity contribution is 6.06. The molecule has 2 aromatic carbocycles. The van der Waals surface area contributed by atoms with Crippen molar-refractivity contribution in [3.05, 3.63) is 54.9 Å². The summed E-state index contributed by atoms with van der Waals surface area (Å²) in [4.78, 5) is 4.16. The molecule has 0 spiro atoms. The third-order valence-electron chi connectivity index (χ3n) is 2.55. The SMILES string of the molecule is Cl.c1ccc2c(c1)ccc1ccncc12. The van der Waals surface area contributed by atoms with Crippen LogP contribution in [0, 0.1) is 0 Å². The van der Waals surface area contributed by atoms with Gasteiger partial charge < -0.3 is 0 Å². The van der Waals surface area contributed by atoms with Gasteiger partial charge in [-0.3, -0.25) is 4.98 Å². The molecule has 0 aliphatic heterocycles. The summed E-state index contributed by atoms with van der Waals surface area (Å²) in [5, 5.41) is 5.02. The van der Waals surface area contributed by atoms with E-state index in [0.717, 1.165) is 0 Å². The summed E-state index contributed by atoms with van der Waals surface area (Å²) in [5.74, 6) is 0. The van der Waals surface area contributed by atoms with Crippen molar-refractivity contribution in [1.29, 1.82) is 0 Å². The molecule has 3 aromatic rings. The molecule has 0 saturated heterocycles. The monoisotopic (exact) mass is 215 g/mol. The van der Waals surface area contributed by atoms with Crippen molar-refractivity contribution in [2.45, 2.75) is 0 Å². The summed E-state index contributed by atoms with van der Waals surface area (Å²) in [5.41, 5.74) is 0. The first kappa shape index (κ1) is 9.94. The fraction of sp³-hybridized carbons (Fsp3) is 0. The van der Waals surface area contributed by atoms with Gasteiger partial charge in [-0.2, -0.15) is 0 Å². The summed E-state index contributed by atoms with van der Waals surface area (Å²) in [7, 11) is 0. The lowest BCUT2D eigenvalue weighted by Gasteiger charge is -2.01. The van der Waals surface area contributed by atoms with Crippen LogP contribution in [0.2, 0.25) is 0 Å². The highest BCUT2D eigenvalue weighted by Gasteiger charge is 1.97. The fourth-order valence-corrected chi connectivity index (χ4v) is 1.84. The van der Waals surface area contributed by atoms with Crippen LogP contribution in [-0.2, 0) is 0 Å². The van der Waals surface area contributed by atoms with Gasteiger partial charge in [0.1, 0.15) is 0 Å². The number of hydrogen-bond acceptors (Lipinski definition) is 1. The molecule has 0 aliphatic rings. The molecule has 0 N–H and O–H groups in total. The van der Waals surface area contributed by atoms with Gasteiger partial charge in [0.25, 0.3) is 0 Å². The number of rotatable bonds is 0. The predicted molar refractivity (Wildman–Crippen MR) is 66.5 cm³/mol. The summed E-state index contributed by atoms with van der Waals surface area (Å²) < 4.78 is 0. The Bertz CT molecular complexity index is 550. The average Bonchev–Trinajstić information content (AvgIpc) is 2.29. The zero-order chi connectivity index (χ0) is 9.38. The molecule has 1 heterocycles. The van der Waals surface area contributed by atoms with E-state index in [1.807, 2.05) is 18.5 Å². The Morgan fingerprint density at radius 3 is 2.33 bits per heavy atom. The highest BCUT2D eigenvalue weighted by Crippen LogP contribution is 2.23. The lowest BCUT2D eigenvalue weighted by molar-refractivity contribution is 1.37.